The van der Waals surface area contributed by atoms with Crippen LogP contribution in [0.15, 0.2) is 30.5 Å². The maximum absolute atomic E-state index is 12.7. The number of benzene rings is 1. The van der Waals surface area contributed by atoms with Gasteiger partial charge in [0.2, 0.25) is 5.95 Å². The number of aromatic nitrogens is 2. The largest absolute Gasteiger partial charge is 0.419 e. The summed E-state index contributed by atoms with van der Waals surface area (Å²) >= 11 is 1.83. The molecule has 0 aliphatic carbocycles. The minimum Gasteiger partial charge on any atom is -0.392 e. The van der Waals surface area contributed by atoms with Crippen molar-refractivity contribution in [3.8, 4) is 0 Å². The number of aliphatic hydroxyl groups is 1. The predicted molar refractivity (Wildman–Crippen MR) is 80.4 cm³/mol. The topological polar surface area (TPSA) is 58.0 Å². The molecule has 0 amide bonds. The van der Waals surface area contributed by atoms with E-state index in [9.17, 15) is 13.2 Å². The first kappa shape index (κ1) is 16.0. The van der Waals surface area contributed by atoms with Crippen molar-refractivity contribution in [3.63, 3.8) is 0 Å². The molecule has 0 radical (unpaired) electrons. The lowest BCUT2D eigenvalue weighted by Gasteiger charge is -2.12. The van der Waals surface area contributed by atoms with E-state index >= 15 is 0 Å². The Morgan fingerprint density at radius 3 is 2.38 bits per heavy atom. The van der Waals surface area contributed by atoms with E-state index in [-0.39, 0.29) is 22.7 Å². The van der Waals surface area contributed by atoms with Crippen molar-refractivity contribution < 1.29 is 18.3 Å². The molecule has 1 aromatic heterocycles. The highest BCUT2D eigenvalue weighted by Gasteiger charge is 2.34. The molecule has 8 heteroatoms. The summed E-state index contributed by atoms with van der Waals surface area (Å²) in [6, 6.07) is 6.78. The lowest BCUT2D eigenvalue weighted by molar-refractivity contribution is -0.138. The molecule has 0 spiro atoms. The van der Waals surface area contributed by atoms with Gasteiger partial charge < -0.3 is 10.4 Å². The van der Waals surface area contributed by atoms with Gasteiger partial charge >= 0.3 is 6.18 Å². The van der Waals surface area contributed by atoms with Crippen molar-refractivity contribution in [1.29, 1.82) is 0 Å². The number of nitrogens with one attached hydrogen (secondary N) is 1. The molecule has 1 aromatic carbocycles. The summed E-state index contributed by atoms with van der Waals surface area (Å²) in [5.41, 5.74) is 0.485. The van der Waals surface area contributed by atoms with E-state index in [4.69, 9.17) is 5.11 Å². The standard InChI is InChI=1S/C13H11F3IN3O/c14-13(15,16)10-6-18-12(20-11(10)5-17)19-9-3-1-8(7-21)2-4-9/h1-4,6,21H,5,7H2,(H,18,19,20). The molecule has 21 heavy (non-hydrogen) atoms. The first-order valence-corrected chi connectivity index (χ1v) is 7.42. The zero-order valence-corrected chi connectivity index (χ0v) is 12.8. The number of halogens is 4. The van der Waals surface area contributed by atoms with E-state index in [1.54, 1.807) is 24.3 Å². The molecule has 4 nitrogen and oxygen atoms in total. The summed E-state index contributed by atoms with van der Waals surface area (Å²) in [6.45, 7) is -0.0734. The summed E-state index contributed by atoms with van der Waals surface area (Å²) in [5.74, 6) is 0.103. The van der Waals surface area contributed by atoms with Gasteiger partial charge in [-0.15, -0.1) is 0 Å². The van der Waals surface area contributed by atoms with Crippen LogP contribution in [0.4, 0.5) is 24.8 Å². The molecular formula is C13H11F3IN3O. The molecular weight excluding hydrogens is 398 g/mol. The Bertz CT molecular complexity index is 617. The minimum atomic E-state index is -4.46. The molecule has 0 aliphatic heterocycles. The minimum absolute atomic E-state index is 0.0624. The molecule has 2 aromatic rings. The zero-order valence-electron chi connectivity index (χ0n) is 10.7. The average molecular weight is 409 g/mol. The first-order chi connectivity index (χ1) is 9.94. The van der Waals surface area contributed by atoms with Gasteiger partial charge in [0, 0.05) is 16.3 Å². The molecule has 112 valence electrons. The number of alkyl halides is 4. The third-order valence-electron chi connectivity index (χ3n) is 2.69. The van der Waals surface area contributed by atoms with Crippen LogP contribution in [0, 0.1) is 0 Å². The highest BCUT2D eigenvalue weighted by Crippen LogP contribution is 2.32. The molecule has 1 heterocycles. The van der Waals surface area contributed by atoms with Crippen molar-refractivity contribution in [2.24, 2.45) is 0 Å². The Morgan fingerprint density at radius 2 is 1.86 bits per heavy atom. The number of hydrogen-bond donors (Lipinski definition) is 2. The van der Waals surface area contributed by atoms with Gasteiger partial charge in [-0.1, -0.05) is 34.7 Å². The molecule has 0 bridgehead atoms. The normalized spacial score (nSPS) is 11.5. The van der Waals surface area contributed by atoms with Crippen LogP contribution in [0.5, 0.6) is 0 Å². The molecule has 0 fully saturated rings. The molecule has 0 unspecified atom stereocenters. The van der Waals surface area contributed by atoms with Gasteiger partial charge in [0.15, 0.2) is 0 Å². The Kier molecular flexibility index (Phi) is 4.99. The van der Waals surface area contributed by atoms with E-state index in [0.29, 0.717) is 5.69 Å². The van der Waals surface area contributed by atoms with E-state index in [2.05, 4.69) is 15.3 Å². The van der Waals surface area contributed by atoms with Crippen LogP contribution in [-0.2, 0) is 17.2 Å². The van der Waals surface area contributed by atoms with Crippen LogP contribution in [0.25, 0.3) is 0 Å². The van der Waals surface area contributed by atoms with Gasteiger partial charge in [-0.2, -0.15) is 13.2 Å². The lowest BCUT2D eigenvalue weighted by atomic mass is 10.2. The van der Waals surface area contributed by atoms with E-state index < -0.39 is 11.7 Å². The second-order valence-electron chi connectivity index (χ2n) is 4.17. The van der Waals surface area contributed by atoms with Crippen LogP contribution in [0.3, 0.4) is 0 Å². The number of aliphatic hydroxyl groups excluding tert-OH is 1. The summed E-state index contributed by atoms with van der Waals surface area (Å²) in [6.07, 6.45) is -3.67. The highest BCUT2D eigenvalue weighted by molar-refractivity contribution is 14.1. The maximum Gasteiger partial charge on any atom is 0.419 e. The van der Waals surface area contributed by atoms with E-state index in [1.165, 1.54) is 0 Å². The van der Waals surface area contributed by atoms with Crippen molar-refractivity contribution in [3.05, 3.63) is 47.3 Å². The third kappa shape index (κ3) is 4.03. The van der Waals surface area contributed by atoms with Crippen LogP contribution in [0.1, 0.15) is 16.8 Å². The van der Waals surface area contributed by atoms with Gasteiger partial charge in [-0.3, -0.25) is 0 Å². The second-order valence-corrected chi connectivity index (χ2v) is 4.93. The quantitative estimate of drug-likeness (QED) is 0.598. The number of anilines is 2. The van der Waals surface area contributed by atoms with Crippen LogP contribution in [0.2, 0.25) is 0 Å². The van der Waals surface area contributed by atoms with E-state index in [1.807, 2.05) is 22.6 Å². The van der Waals surface area contributed by atoms with Crippen LogP contribution in [-0.4, -0.2) is 15.1 Å². The molecule has 0 aliphatic rings. The zero-order chi connectivity index (χ0) is 15.5. The Labute approximate surface area is 132 Å². The Hall–Kier alpha value is -1.42. The summed E-state index contributed by atoms with van der Waals surface area (Å²) < 4.78 is 38.4. The average Bonchev–Trinajstić information content (AvgIpc) is 2.46. The van der Waals surface area contributed by atoms with Gasteiger partial charge in [0.1, 0.15) is 0 Å². The lowest BCUT2D eigenvalue weighted by Crippen LogP contribution is -2.12. The first-order valence-electron chi connectivity index (χ1n) is 5.90. The molecule has 0 saturated carbocycles. The third-order valence-corrected chi connectivity index (χ3v) is 3.41. The van der Waals surface area contributed by atoms with Crippen LogP contribution >= 0.6 is 22.6 Å². The Morgan fingerprint density at radius 1 is 1.19 bits per heavy atom. The highest BCUT2D eigenvalue weighted by atomic mass is 127. The maximum atomic E-state index is 12.7. The fourth-order valence-corrected chi connectivity index (χ4v) is 2.22. The predicted octanol–water partition coefficient (Wildman–Crippen LogP) is 3.67. The number of hydrogen-bond acceptors (Lipinski definition) is 4. The fourth-order valence-electron chi connectivity index (χ4n) is 1.64. The van der Waals surface area contributed by atoms with Crippen LogP contribution < -0.4 is 5.32 Å². The van der Waals surface area contributed by atoms with Crippen molar-refractivity contribution >= 4 is 34.2 Å². The van der Waals surface area contributed by atoms with Gasteiger partial charge in [0.25, 0.3) is 0 Å². The van der Waals surface area contributed by atoms with Crippen molar-refractivity contribution in [2.45, 2.75) is 17.2 Å². The van der Waals surface area contributed by atoms with Gasteiger partial charge in [-0.25, -0.2) is 9.97 Å². The van der Waals surface area contributed by atoms with Crippen molar-refractivity contribution in [2.75, 3.05) is 5.32 Å². The molecule has 0 saturated heterocycles. The van der Waals surface area contributed by atoms with E-state index in [0.717, 1.165) is 11.8 Å². The molecule has 2 rings (SSSR count). The Balaban J connectivity index is 2.24. The SMILES string of the molecule is OCc1ccc(Nc2ncc(C(F)(F)F)c(CI)n2)cc1. The van der Waals surface area contributed by atoms with Crippen molar-refractivity contribution in [1.82, 2.24) is 9.97 Å². The van der Waals surface area contributed by atoms with Gasteiger partial charge in [-0.05, 0) is 17.7 Å². The molecule has 2 N–H and O–H groups in total. The number of rotatable bonds is 4. The summed E-state index contributed by atoms with van der Waals surface area (Å²) in [7, 11) is 0. The second kappa shape index (κ2) is 6.56. The summed E-state index contributed by atoms with van der Waals surface area (Å²) in [5, 5.41) is 11.8. The smallest absolute Gasteiger partial charge is 0.392 e. The fraction of sp³-hybridized carbons (Fsp3) is 0.231. The number of nitrogens with zero attached hydrogens (tertiary/aromatic N) is 2. The summed E-state index contributed by atoms with van der Waals surface area (Å²) in [4.78, 5) is 7.59. The monoisotopic (exact) mass is 409 g/mol. The van der Waals surface area contributed by atoms with Gasteiger partial charge in [0.05, 0.1) is 17.9 Å². The molecule has 0 atom stereocenters.